The average molecular weight is 276 g/mol. The van der Waals surface area contributed by atoms with E-state index in [1.54, 1.807) is 19.3 Å². The van der Waals surface area contributed by atoms with Crippen LogP contribution in [0.2, 0.25) is 0 Å². The van der Waals surface area contributed by atoms with Gasteiger partial charge in [-0.25, -0.2) is 9.97 Å². The number of carbonyl (C=O) groups excluding carboxylic acids is 1. The van der Waals surface area contributed by atoms with E-state index >= 15 is 0 Å². The summed E-state index contributed by atoms with van der Waals surface area (Å²) >= 11 is 0. The lowest BCUT2D eigenvalue weighted by atomic mass is 9.88. The van der Waals surface area contributed by atoms with Gasteiger partial charge in [0.05, 0.1) is 23.8 Å². The van der Waals surface area contributed by atoms with Gasteiger partial charge < -0.3 is 15.4 Å². The maximum absolute atomic E-state index is 12.1. The molecule has 20 heavy (non-hydrogen) atoms. The predicted molar refractivity (Wildman–Crippen MR) is 73.4 cm³/mol. The number of nitrogens with one attached hydrogen (secondary N) is 2. The van der Waals surface area contributed by atoms with Gasteiger partial charge >= 0.3 is 0 Å². The molecule has 2 saturated heterocycles. The van der Waals surface area contributed by atoms with E-state index in [1.165, 1.54) is 0 Å². The van der Waals surface area contributed by atoms with E-state index in [0.717, 1.165) is 32.4 Å². The van der Waals surface area contributed by atoms with Crippen LogP contribution in [0.1, 0.15) is 35.4 Å². The van der Waals surface area contributed by atoms with Gasteiger partial charge in [0.15, 0.2) is 0 Å². The lowest BCUT2D eigenvalue weighted by Gasteiger charge is -2.32. The molecule has 2 aliphatic heterocycles. The van der Waals surface area contributed by atoms with Gasteiger partial charge in [0.25, 0.3) is 5.91 Å². The third-order valence-corrected chi connectivity index (χ3v) is 4.10. The minimum absolute atomic E-state index is 0.0347. The summed E-state index contributed by atoms with van der Waals surface area (Å²) in [5.41, 5.74) is 0.467. The van der Waals surface area contributed by atoms with Crippen molar-refractivity contribution in [3.8, 4) is 0 Å². The Balaban J connectivity index is 1.59. The van der Waals surface area contributed by atoms with Crippen LogP contribution < -0.4 is 10.6 Å². The molecule has 2 aliphatic rings. The molecule has 108 valence electrons. The van der Waals surface area contributed by atoms with E-state index in [9.17, 15) is 4.79 Å². The second-order valence-electron chi connectivity index (χ2n) is 5.64. The summed E-state index contributed by atoms with van der Waals surface area (Å²) in [7, 11) is 0. The number of hydrogen-bond donors (Lipinski definition) is 2. The largest absolute Gasteiger partial charge is 0.373 e. The Morgan fingerprint density at radius 2 is 2.10 bits per heavy atom. The van der Waals surface area contributed by atoms with E-state index in [-0.39, 0.29) is 17.6 Å². The molecule has 6 nitrogen and oxygen atoms in total. The van der Waals surface area contributed by atoms with Crippen LogP contribution in [0.3, 0.4) is 0 Å². The molecule has 1 atom stereocenters. The highest BCUT2D eigenvalue weighted by molar-refractivity contribution is 5.93. The molecule has 1 amide bonds. The summed E-state index contributed by atoms with van der Waals surface area (Å²) < 4.78 is 5.96. The molecular weight excluding hydrogens is 256 g/mol. The number of ether oxygens (including phenoxy) is 1. The molecule has 1 aromatic rings. The van der Waals surface area contributed by atoms with Crippen molar-refractivity contribution in [1.29, 1.82) is 0 Å². The average Bonchev–Trinajstić information content (AvgIpc) is 2.83. The molecule has 1 aromatic heterocycles. The van der Waals surface area contributed by atoms with E-state index < -0.39 is 0 Å². The van der Waals surface area contributed by atoms with Crippen LogP contribution >= 0.6 is 0 Å². The third-order valence-electron chi connectivity index (χ3n) is 4.10. The molecule has 6 heteroatoms. The molecule has 0 saturated carbocycles. The molecule has 3 rings (SSSR count). The fraction of sp³-hybridized carbons (Fsp3) is 0.643. The number of aromatic nitrogens is 2. The maximum atomic E-state index is 12.1. The van der Waals surface area contributed by atoms with Crippen molar-refractivity contribution in [2.24, 2.45) is 0 Å². The van der Waals surface area contributed by atoms with Crippen LogP contribution in [-0.4, -0.2) is 47.2 Å². The first-order valence-electron chi connectivity index (χ1n) is 7.11. The third kappa shape index (κ3) is 2.81. The Morgan fingerprint density at radius 3 is 2.80 bits per heavy atom. The van der Waals surface area contributed by atoms with Crippen molar-refractivity contribution < 1.29 is 9.53 Å². The Hall–Kier alpha value is -1.53. The van der Waals surface area contributed by atoms with Crippen LogP contribution in [-0.2, 0) is 4.74 Å². The molecule has 2 fully saturated rings. The zero-order valence-electron chi connectivity index (χ0n) is 11.7. The number of nitrogens with zero attached hydrogens (tertiary/aromatic N) is 2. The highest BCUT2D eigenvalue weighted by Gasteiger charge is 2.41. The first kappa shape index (κ1) is 13.5. The highest BCUT2D eigenvalue weighted by atomic mass is 16.5. The molecule has 0 radical (unpaired) electrons. The summed E-state index contributed by atoms with van der Waals surface area (Å²) in [6.45, 7) is 4.38. The van der Waals surface area contributed by atoms with Gasteiger partial charge in [-0.3, -0.25) is 4.79 Å². The summed E-state index contributed by atoms with van der Waals surface area (Å²) in [4.78, 5) is 20.2. The normalized spacial score (nSPS) is 24.8. The maximum Gasteiger partial charge on any atom is 0.254 e. The molecule has 1 unspecified atom stereocenters. The van der Waals surface area contributed by atoms with Gasteiger partial charge in [-0.2, -0.15) is 0 Å². The van der Waals surface area contributed by atoms with Crippen molar-refractivity contribution >= 4 is 5.91 Å². The number of amides is 1. The monoisotopic (exact) mass is 276 g/mol. The molecular formula is C14H20N4O2. The van der Waals surface area contributed by atoms with Gasteiger partial charge in [0.2, 0.25) is 0 Å². The lowest BCUT2D eigenvalue weighted by molar-refractivity contribution is -0.0194. The van der Waals surface area contributed by atoms with Crippen molar-refractivity contribution in [2.45, 2.75) is 37.8 Å². The second-order valence-corrected chi connectivity index (χ2v) is 5.64. The van der Waals surface area contributed by atoms with Crippen LogP contribution in [0.15, 0.2) is 12.4 Å². The van der Waals surface area contributed by atoms with Gasteiger partial charge in [0.1, 0.15) is 5.82 Å². The van der Waals surface area contributed by atoms with Crippen molar-refractivity contribution in [1.82, 2.24) is 20.6 Å². The fourth-order valence-electron chi connectivity index (χ4n) is 2.95. The summed E-state index contributed by atoms with van der Waals surface area (Å²) in [6, 6.07) is 0.0851. The molecule has 1 spiro atoms. The molecule has 0 aliphatic carbocycles. The van der Waals surface area contributed by atoms with Crippen molar-refractivity contribution in [2.75, 3.05) is 19.7 Å². The Bertz CT molecular complexity index is 482. The van der Waals surface area contributed by atoms with Crippen LogP contribution in [0.25, 0.3) is 0 Å². The van der Waals surface area contributed by atoms with Gasteiger partial charge in [-0.1, -0.05) is 0 Å². The first-order chi connectivity index (χ1) is 9.67. The number of aryl methyl sites for hydroxylation is 1. The number of carbonyl (C=O) groups is 1. The van der Waals surface area contributed by atoms with Gasteiger partial charge in [0, 0.05) is 12.4 Å². The quantitative estimate of drug-likeness (QED) is 0.819. The van der Waals surface area contributed by atoms with Crippen LogP contribution in [0.5, 0.6) is 0 Å². The Labute approximate surface area is 118 Å². The molecule has 2 N–H and O–H groups in total. The smallest absolute Gasteiger partial charge is 0.254 e. The predicted octanol–water partition coefficient (Wildman–Crippen LogP) is 0.426. The summed E-state index contributed by atoms with van der Waals surface area (Å²) in [6.07, 6.45) is 6.06. The second kappa shape index (κ2) is 5.46. The minimum Gasteiger partial charge on any atom is -0.373 e. The minimum atomic E-state index is -0.121. The molecule has 3 heterocycles. The first-order valence-corrected chi connectivity index (χ1v) is 7.11. The zero-order chi connectivity index (χ0) is 14.0. The van der Waals surface area contributed by atoms with Crippen molar-refractivity contribution in [3.05, 3.63) is 23.8 Å². The number of hydrogen-bond acceptors (Lipinski definition) is 5. The standard InChI is InChI=1S/C14H20N4O2/c1-10-16-7-11(8-17-10)13(19)18-12-6-14(20-9-12)2-4-15-5-3-14/h7-8,12,15H,2-6,9H2,1H3,(H,18,19). The van der Waals surface area contributed by atoms with Gasteiger partial charge in [-0.05, 0) is 39.3 Å². The highest BCUT2D eigenvalue weighted by Crippen LogP contribution is 2.33. The molecule has 0 bridgehead atoms. The fourth-order valence-corrected chi connectivity index (χ4v) is 2.95. The van der Waals surface area contributed by atoms with Crippen molar-refractivity contribution in [3.63, 3.8) is 0 Å². The Morgan fingerprint density at radius 1 is 1.40 bits per heavy atom. The van der Waals surface area contributed by atoms with Gasteiger partial charge in [-0.15, -0.1) is 0 Å². The topological polar surface area (TPSA) is 76.1 Å². The van der Waals surface area contributed by atoms with Crippen LogP contribution in [0, 0.1) is 6.92 Å². The van der Waals surface area contributed by atoms with E-state index in [0.29, 0.717) is 18.0 Å². The lowest BCUT2D eigenvalue weighted by Crippen LogP contribution is -2.43. The zero-order valence-corrected chi connectivity index (χ0v) is 11.7. The summed E-state index contributed by atoms with van der Waals surface area (Å²) in [5, 5.41) is 6.36. The van der Waals surface area contributed by atoms with Crippen LogP contribution in [0.4, 0.5) is 0 Å². The van der Waals surface area contributed by atoms with E-state index in [4.69, 9.17) is 4.74 Å². The SMILES string of the molecule is Cc1ncc(C(=O)NC2COC3(CCNCC3)C2)cn1. The van der Waals surface area contributed by atoms with E-state index in [2.05, 4.69) is 20.6 Å². The van der Waals surface area contributed by atoms with E-state index in [1.807, 2.05) is 0 Å². The Kier molecular flexibility index (Phi) is 3.67. The summed E-state index contributed by atoms with van der Waals surface area (Å²) in [5.74, 6) is 0.545. The molecule has 0 aromatic carbocycles. The number of piperidine rings is 1. The number of rotatable bonds is 2.